The lowest BCUT2D eigenvalue weighted by molar-refractivity contribution is -0.143. The third kappa shape index (κ3) is 2.29. The molecule has 0 amide bonds. The summed E-state index contributed by atoms with van der Waals surface area (Å²) in [6, 6.07) is 7.97. The van der Waals surface area contributed by atoms with Crippen molar-refractivity contribution in [2.75, 3.05) is 0 Å². The van der Waals surface area contributed by atoms with Crippen LogP contribution in [0.1, 0.15) is 37.2 Å². The molecule has 0 heterocycles. The minimum Gasteiger partial charge on any atom is -0.481 e. The summed E-state index contributed by atoms with van der Waals surface area (Å²) >= 11 is 3.52. The molecular formula is C13H15BrO2. The molecule has 1 aliphatic rings. The summed E-state index contributed by atoms with van der Waals surface area (Å²) in [5.74, 6) is -0.699. The average molecular weight is 283 g/mol. The summed E-state index contributed by atoms with van der Waals surface area (Å²) in [5, 5.41) is 9.25. The first-order valence-corrected chi connectivity index (χ1v) is 6.46. The quantitative estimate of drug-likeness (QED) is 0.896. The second-order valence-electron chi connectivity index (χ2n) is 4.36. The van der Waals surface area contributed by atoms with Crippen LogP contribution in [0.5, 0.6) is 0 Å². The number of hydrogen-bond acceptors (Lipinski definition) is 1. The van der Waals surface area contributed by atoms with Gasteiger partial charge in [-0.25, -0.2) is 0 Å². The molecule has 1 aromatic rings. The number of carbonyl (C=O) groups is 1. The van der Waals surface area contributed by atoms with Gasteiger partial charge >= 0.3 is 5.97 Å². The molecular weight excluding hydrogens is 268 g/mol. The van der Waals surface area contributed by atoms with Gasteiger partial charge in [-0.1, -0.05) is 47.0 Å². The SMILES string of the molecule is O=C(O)[C@@H]1CCCC[C@H]1c1ccccc1Br. The first kappa shape index (κ1) is 11.6. The van der Waals surface area contributed by atoms with Crippen molar-refractivity contribution in [2.45, 2.75) is 31.6 Å². The third-order valence-corrected chi connectivity index (χ3v) is 4.11. The molecule has 0 radical (unpaired) electrons. The molecule has 2 nitrogen and oxygen atoms in total. The molecule has 16 heavy (non-hydrogen) atoms. The third-order valence-electron chi connectivity index (χ3n) is 3.39. The summed E-state index contributed by atoms with van der Waals surface area (Å²) in [6.45, 7) is 0. The number of carboxylic acids is 1. The van der Waals surface area contributed by atoms with E-state index in [1.54, 1.807) is 0 Å². The van der Waals surface area contributed by atoms with Gasteiger partial charge in [0, 0.05) is 4.47 Å². The van der Waals surface area contributed by atoms with Gasteiger partial charge in [-0.3, -0.25) is 4.79 Å². The first-order valence-electron chi connectivity index (χ1n) is 5.67. The molecule has 0 spiro atoms. The van der Waals surface area contributed by atoms with E-state index in [1.807, 2.05) is 24.3 Å². The highest BCUT2D eigenvalue weighted by atomic mass is 79.9. The van der Waals surface area contributed by atoms with E-state index in [0.29, 0.717) is 0 Å². The summed E-state index contributed by atoms with van der Waals surface area (Å²) in [4.78, 5) is 11.2. The van der Waals surface area contributed by atoms with Gasteiger partial charge < -0.3 is 5.11 Å². The van der Waals surface area contributed by atoms with Gasteiger partial charge in [0.1, 0.15) is 0 Å². The molecule has 1 saturated carbocycles. The fourth-order valence-electron chi connectivity index (χ4n) is 2.57. The Morgan fingerprint density at radius 3 is 2.62 bits per heavy atom. The standard InChI is InChI=1S/C13H15BrO2/c14-12-8-4-3-6-10(12)9-5-1-2-7-11(9)13(15)16/h3-4,6,8-9,11H,1-2,5,7H2,(H,15,16)/t9-,11+/m0/s1. The predicted molar refractivity (Wildman–Crippen MR) is 66.5 cm³/mol. The number of halogens is 1. The molecule has 0 saturated heterocycles. The van der Waals surface area contributed by atoms with E-state index in [2.05, 4.69) is 15.9 Å². The molecule has 1 aromatic carbocycles. The fourth-order valence-corrected chi connectivity index (χ4v) is 3.15. The predicted octanol–water partition coefficient (Wildman–Crippen LogP) is 3.81. The molecule has 2 rings (SSSR count). The van der Waals surface area contributed by atoms with Crippen LogP contribution in [0.25, 0.3) is 0 Å². The molecule has 1 fully saturated rings. The molecule has 1 N–H and O–H groups in total. The number of benzene rings is 1. The van der Waals surface area contributed by atoms with Crippen molar-refractivity contribution in [1.29, 1.82) is 0 Å². The van der Waals surface area contributed by atoms with Crippen LogP contribution in [-0.2, 0) is 4.79 Å². The minimum absolute atomic E-state index is 0.168. The van der Waals surface area contributed by atoms with Crippen molar-refractivity contribution in [3.8, 4) is 0 Å². The number of rotatable bonds is 2. The monoisotopic (exact) mass is 282 g/mol. The molecule has 0 aliphatic heterocycles. The smallest absolute Gasteiger partial charge is 0.307 e. The summed E-state index contributed by atoms with van der Waals surface area (Å²) in [7, 11) is 0. The molecule has 2 atom stereocenters. The maximum Gasteiger partial charge on any atom is 0.307 e. The maximum atomic E-state index is 11.2. The van der Waals surface area contributed by atoms with Gasteiger partial charge in [0.15, 0.2) is 0 Å². The van der Waals surface area contributed by atoms with Crippen molar-refractivity contribution in [2.24, 2.45) is 5.92 Å². The van der Waals surface area contributed by atoms with Crippen LogP contribution in [0.3, 0.4) is 0 Å². The Balaban J connectivity index is 2.30. The second-order valence-corrected chi connectivity index (χ2v) is 5.21. The van der Waals surface area contributed by atoms with Gasteiger partial charge in [-0.05, 0) is 30.4 Å². The lowest BCUT2D eigenvalue weighted by Gasteiger charge is -2.29. The zero-order valence-corrected chi connectivity index (χ0v) is 10.6. The highest BCUT2D eigenvalue weighted by molar-refractivity contribution is 9.10. The summed E-state index contributed by atoms with van der Waals surface area (Å²) in [5.41, 5.74) is 1.15. The van der Waals surface area contributed by atoms with Gasteiger partial charge in [0.25, 0.3) is 0 Å². The zero-order valence-electron chi connectivity index (χ0n) is 9.03. The Morgan fingerprint density at radius 2 is 1.94 bits per heavy atom. The highest BCUT2D eigenvalue weighted by Gasteiger charge is 2.32. The Hall–Kier alpha value is -0.830. The van der Waals surface area contributed by atoms with E-state index in [-0.39, 0.29) is 11.8 Å². The molecule has 0 bridgehead atoms. The molecule has 1 aliphatic carbocycles. The maximum absolute atomic E-state index is 11.2. The van der Waals surface area contributed by atoms with Gasteiger partial charge in [0.05, 0.1) is 5.92 Å². The van der Waals surface area contributed by atoms with Gasteiger partial charge in [-0.15, -0.1) is 0 Å². The largest absolute Gasteiger partial charge is 0.481 e. The zero-order chi connectivity index (χ0) is 11.5. The van der Waals surface area contributed by atoms with Gasteiger partial charge in [0.2, 0.25) is 0 Å². The van der Waals surface area contributed by atoms with E-state index >= 15 is 0 Å². The van der Waals surface area contributed by atoms with Crippen LogP contribution in [-0.4, -0.2) is 11.1 Å². The Kier molecular flexibility index (Phi) is 3.64. The lowest BCUT2D eigenvalue weighted by atomic mass is 9.75. The van der Waals surface area contributed by atoms with E-state index in [1.165, 1.54) is 0 Å². The van der Waals surface area contributed by atoms with Crippen LogP contribution in [0.4, 0.5) is 0 Å². The Bertz CT molecular complexity index is 389. The summed E-state index contributed by atoms with van der Waals surface area (Å²) in [6.07, 6.45) is 3.97. The highest BCUT2D eigenvalue weighted by Crippen LogP contribution is 2.40. The molecule has 86 valence electrons. The van der Waals surface area contributed by atoms with Crippen LogP contribution < -0.4 is 0 Å². The average Bonchev–Trinajstić information content (AvgIpc) is 2.29. The van der Waals surface area contributed by atoms with E-state index in [9.17, 15) is 9.90 Å². The van der Waals surface area contributed by atoms with Crippen molar-refractivity contribution in [3.05, 3.63) is 34.3 Å². The number of carboxylic acid groups (broad SMARTS) is 1. The summed E-state index contributed by atoms with van der Waals surface area (Å²) < 4.78 is 1.04. The number of hydrogen-bond donors (Lipinski definition) is 1. The minimum atomic E-state index is -0.652. The first-order chi connectivity index (χ1) is 7.70. The van der Waals surface area contributed by atoms with E-state index < -0.39 is 5.97 Å². The molecule has 0 aromatic heterocycles. The second kappa shape index (κ2) is 5.00. The van der Waals surface area contributed by atoms with E-state index in [4.69, 9.17) is 0 Å². The van der Waals surface area contributed by atoms with Gasteiger partial charge in [-0.2, -0.15) is 0 Å². The topological polar surface area (TPSA) is 37.3 Å². The molecule has 3 heteroatoms. The fraction of sp³-hybridized carbons (Fsp3) is 0.462. The van der Waals surface area contributed by atoms with E-state index in [0.717, 1.165) is 35.7 Å². The Labute approximate surface area is 104 Å². The number of aliphatic carboxylic acids is 1. The van der Waals surface area contributed by atoms with Crippen LogP contribution in [0.2, 0.25) is 0 Å². The molecule has 0 unspecified atom stereocenters. The Morgan fingerprint density at radius 1 is 1.25 bits per heavy atom. The van der Waals surface area contributed by atoms with Crippen LogP contribution in [0.15, 0.2) is 28.7 Å². The lowest BCUT2D eigenvalue weighted by Crippen LogP contribution is -2.25. The van der Waals surface area contributed by atoms with Crippen LogP contribution >= 0.6 is 15.9 Å². The van der Waals surface area contributed by atoms with Crippen molar-refractivity contribution in [1.82, 2.24) is 0 Å². The van der Waals surface area contributed by atoms with Crippen molar-refractivity contribution < 1.29 is 9.90 Å². The van der Waals surface area contributed by atoms with Crippen molar-refractivity contribution >= 4 is 21.9 Å². The van der Waals surface area contributed by atoms with Crippen molar-refractivity contribution in [3.63, 3.8) is 0 Å². The normalized spacial score (nSPS) is 25.3. The van der Waals surface area contributed by atoms with Crippen LogP contribution in [0, 0.1) is 5.92 Å².